The Morgan fingerprint density at radius 2 is 1.56 bits per heavy atom. The molecule has 32 heavy (non-hydrogen) atoms. The molecule has 2 fully saturated rings. The van der Waals surface area contributed by atoms with E-state index in [1.807, 2.05) is 23.1 Å². The molecule has 0 radical (unpaired) electrons. The highest BCUT2D eigenvalue weighted by Gasteiger charge is 2.25. The molecule has 4 rings (SSSR count). The Balaban J connectivity index is 1.26. The Labute approximate surface area is 193 Å². The second-order valence-corrected chi connectivity index (χ2v) is 9.37. The maximum atomic E-state index is 12.7. The number of fused-ring (bicyclic) bond motifs is 1. The van der Waals surface area contributed by atoms with Gasteiger partial charge < -0.3 is 14.8 Å². The number of carbonyl (C=O) groups is 2. The molecule has 2 heterocycles. The Morgan fingerprint density at radius 1 is 0.938 bits per heavy atom. The van der Waals surface area contributed by atoms with Gasteiger partial charge in [-0.05, 0) is 36.7 Å². The Kier molecular flexibility index (Phi) is 7.40. The number of hydrogen-bond acceptors (Lipinski definition) is 4. The Hall–Kier alpha value is -2.48. The minimum atomic E-state index is -0.175. The van der Waals surface area contributed by atoms with Crippen molar-refractivity contribution in [2.75, 3.05) is 26.2 Å². The monoisotopic (exact) mass is 456 g/mol. The minimum absolute atomic E-state index is 0.00577. The molecule has 2 aromatic rings. The fourth-order valence-electron chi connectivity index (χ4n) is 4.93. The van der Waals surface area contributed by atoms with E-state index in [2.05, 4.69) is 4.98 Å². The number of hydrogen-bond donors (Lipinski definition) is 1. The zero-order valence-electron chi connectivity index (χ0n) is 18.6. The van der Waals surface area contributed by atoms with Crippen molar-refractivity contribution in [2.24, 2.45) is 5.92 Å². The van der Waals surface area contributed by atoms with Crippen LogP contribution in [0, 0.1) is 10.7 Å². The lowest BCUT2D eigenvalue weighted by molar-refractivity contribution is -0.139. The number of piperazine rings is 1. The van der Waals surface area contributed by atoms with Crippen LogP contribution in [0.5, 0.6) is 0 Å². The van der Waals surface area contributed by atoms with Crippen LogP contribution in [0.25, 0.3) is 10.9 Å². The standard InChI is InChI=1S/C24H32N4O3S/c29-21(11-10-18-6-2-1-3-7-18)26-14-16-27(17-15-26)22(30)12-13-28-23(31)19-8-4-5-9-20(19)25-24(28)32/h4-5,8-9,18H,1-3,6-7,10-17H2,(H,25,32). The zero-order valence-corrected chi connectivity index (χ0v) is 19.4. The number of nitrogens with one attached hydrogen (secondary N) is 1. The summed E-state index contributed by atoms with van der Waals surface area (Å²) in [6, 6.07) is 7.23. The number of carbonyl (C=O) groups excluding carboxylic acids is 2. The molecule has 0 bridgehead atoms. The molecule has 1 aromatic heterocycles. The van der Waals surface area contributed by atoms with Gasteiger partial charge in [-0.1, -0.05) is 44.2 Å². The lowest BCUT2D eigenvalue weighted by Crippen LogP contribution is -2.50. The molecule has 8 heteroatoms. The summed E-state index contributed by atoms with van der Waals surface area (Å²) >= 11 is 5.33. The predicted molar refractivity (Wildman–Crippen MR) is 127 cm³/mol. The molecule has 2 amide bonds. The maximum Gasteiger partial charge on any atom is 0.262 e. The molecule has 2 aliphatic rings. The van der Waals surface area contributed by atoms with Crippen LogP contribution in [0.3, 0.4) is 0 Å². The number of benzene rings is 1. The van der Waals surface area contributed by atoms with Crippen molar-refractivity contribution in [1.82, 2.24) is 19.4 Å². The minimum Gasteiger partial charge on any atom is -0.339 e. The molecule has 1 aliphatic carbocycles. The van der Waals surface area contributed by atoms with E-state index >= 15 is 0 Å². The van der Waals surface area contributed by atoms with Gasteiger partial charge in [0.25, 0.3) is 5.56 Å². The summed E-state index contributed by atoms with van der Waals surface area (Å²) in [5.41, 5.74) is 0.528. The van der Waals surface area contributed by atoms with Crippen LogP contribution in [-0.4, -0.2) is 57.3 Å². The summed E-state index contributed by atoms with van der Waals surface area (Å²) in [5, 5.41) is 0.564. The molecule has 1 saturated carbocycles. The molecule has 172 valence electrons. The van der Waals surface area contributed by atoms with Gasteiger partial charge in [0, 0.05) is 45.6 Å². The first-order valence-electron chi connectivity index (χ1n) is 11.8. The van der Waals surface area contributed by atoms with Gasteiger partial charge in [-0.3, -0.25) is 19.0 Å². The van der Waals surface area contributed by atoms with Gasteiger partial charge in [0.2, 0.25) is 11.8 Å². The van der Waals surface area contributed by atoms with Crippen LogP contribution in [0.1, 0.15) is 51.4 Å². The van der Waals surface area contributed by atoms with E-state index in [4.69, 9.17) is 12.2 Å². The molecule has 0 unspecified atom stereocenters. The molecule has 1 saturated heterocycles. The highest BCUT2D eigenvalue weighted by atomic mass is 32.1. The van der Waals surface area contributed by atoms with Gasteiger partial charge in [-0.25, -0.2) is 0 Å². The highest BCUT2D eigenvalue weighted by molar-refractivity contribution is 7.71. The van der Waals surface area contributed by atoms with Gasteiger partial charge >= 0.3 is 0 Å². The van der Waals surface area contributed by atoms with Crippen molar-refractivity contribution in [3.63, 3.8) is 0 Å². The molecule has 0 spiro atoms. The first-order valence-corrected chi connectivity index (χ1v) is 12.2. The topological polar surface area (TPSA) is 78.4 Å². The van der Waals surface area contributed by atoms with E-state index in [0.29, 0.717) is 54.2 Å². The largest absolute Gasteiger partial charge is 0.339 e. The number of H-pyrrole nitrogens is 1. The molecule has 1 N–H and O–H groups in total. The van der Waals surface area contributed by atoms with Crippen LogP contribution >= 0.6 is 12.2 Å². The second-order valence-electron chi connectivity index (χ2n) is 8.99. The van der Waals surface area contributed by atoms with Crippen LogP contribution in [0.15, 0.2) is 29.1 Å². The zero-order chi connectivity index (χ0) is 22.5. The average molecular weight is 457 g/mol. The first-order chi connectivity index (χ1) is 15.5. The third kappa shape index (κ3) is 5.28. The van der Waals surface area contributed by atoms with Gasteiger partial charge in [0.1, 0.15) is 0 Å². The smallest absolute Gasteiger partial charge is 0.262 e. The molecular formula is C24H32N4O3S. The predicted octanol–water partition coefficient (Wildman–Crippen LogP) is 3.48. The Morgan fingerprint density at radius 3 is 2.25 bits per heavy atom. The summed E-state index contributed by atoms with van der Waals surface area (Å²) in [5.74, 6) is 0.922. The lowest BCUT2D eigenvalue weighted by atomic mass is 9.86. The second kappa shape index (κ2) is 10.4. The SMILES string of the molecule is O=C(CCC1CCCCC1)N1CCN(C(=O)CCn2c(=S)[nH]c3ccccc3c2=O)CC1. The van der Waals surface area contributed by atoms with Crippen molar-refractivity contribution in [3.05, 3.63) is 39.4 Å². The molecule has 1 aliphatic heterocycles. The Bertz CT molecular complexity index is 1080. The fourth-order valence-corrected chi connectivity index (χ4v) is 5.22. The molecule has 0 atom stereocenters. The van der Waals surface area contributed by atoms with Crippen LogP contribution in [0.2, 0.25) is 0 Å². The van der Waals surface area contributed by atoms with E-state index in [0.717, 1.165) is 6.42 Å². The molecule has 1 aromatic carbocycles. The quantitative estimate of drug-likeness (QED) is 0.675. The number of aromatic amines is 1. The number of rotatable bonds is 6. The first kappa shape index (κ1) is 22.7. The number of aromatic nitrogens is 2. The van der Waals surface area contributed by atoms with Gasteiger partial charge in [-0.2, -0.15) is 0 Å². The van der Waals surface area contributed by atoms with E-state index in [1.54, 1.807) is 11.0 Å². The summed E-state index contributed by atoms with van der Waals surface area (Å²) in [7, 11) is 0. The summed E-state index contributed by atoms with van der Waals surface area (Å²) in [4.78, 5) is 44.8. The van der Waals surface area contributed by atoms with E-state index in [-0.39, 0.29) is 30.3 Å². The molecular weight excluding hydrogens is 424 g/mol. The van der Waals surface area contributed by atoms with Crippen LogP contribution in [0.4, 0.5) is 0 Å². The molecule has 7 nitrogen and oxygen atoms in total. The number of para-hydroxylation sites is 1. The van der Waals surface area contributed by atoms with E-state index in [9.17, 15) is 14.4 Å². The van der Waals surface area contributed by atoms with Crippen molar-refractivity contribution in [2.45, 2.75) is 57.9 Å². The van der Waals surface area contributed by atoms with Crippen LogP contribution < -0.4 is 5.56 Å². The highest BCUT2D eigenvalue weighted by Crippen LogP contribution is 2.27. The maximum absolute atomic E-state index is 12.7. The lowest BCUT2D eigenvalue weighted by Gasteiger charge is -2.35. The summed E-state index contributed by atoms with van der Waals surface area (Å²) in [6.45, 7) is 2.52. The fraction of sp³-hybridized carbons (Fsp3) is 0.583. The normalized spacial score (nSPS) is 17.6. The third-order valence-corrected chi connectivity index (χ3v) is 7.24. The third-order valence-electron chi connectivity index (χ3n) is 6.91. The summed E-state index contributed by atoms with van der Waals surface area (Å²) < 4.78 is 1.79. The van der Waals surface area contributed by atoms with E-state index < -0.39 is 0 Å². The average Bonchev–Trinajstić information content (AvgIpc) is 2.83. The van der Waals surface area contributed by atoms with Crippen molar-refractivity contribution >= 4 is 34.9 Å². The summed E-state index contributed by atoms with van der Waals surface area (Å²) in [6.07, 6.45) is 8.30. The van der Waals surface area contributed by atoms with Gasteiger partial charge in [0.15, 0.2) is 4.77 Å². The van der Waals surface area contributed by atoms with Gasteiger partial charge in [-0.15, -0.1) is 0 Å². The van der Waals surface area contributed by atoms with Crippen molar-refractivity contribution in [1.29, 1.82) is 0 Å². The van der Waals surface area contributed by atoms with Crippen LogP contribution in [-0.2, 0) is 16.1 Å². The number of amides is 2. The van der Waals surface area contributed by atoms with E-state index in [1.165, 1.54) is 36.7 Å². The van der Waals surface area contributed by atoms with Gasteiger partial charge in [0.05, 0.1) is 10.9 Å². The van der Waals surface area contributed by atoms with Crippen molar-refractivity contribution in [3.8, 4) is 0 Å². The number of nitrogens with zero attached hydrogens (tertiary/aromatic N) is 3. The van der Waals surface area contributed by atoms with Crippen molar-refractivity contribution < 1.29 is 9.59 Å².